The van der Waals surface area contributed by atoms with Gasteiger partial charge in [0.1, 0.15) is 18.1 Å². The van der Waals surface area contributed by atoms with E-state index in [1.165, 1.54) is 11.9 Å². The molecule has 0 aromatic heterocycles. The van der Waals surface area contributed by atoms with Crippen LogP contribution < -0.4 is 21.3 Å². The van der Waals surface area contributed by atoms with Gasteiger partial charge < -0.3 is 31.1 Å². The van der Waals surface area contributed by atoms with E-state index in [4.69, 9.17) is 0 Å². The number of carbonyl (C=O) groups excluding carboxylic acids is 5. The van der Waals surface area contributed by atoms with Crippen molar-refractivity contribution < 1.29 is 33.4 Å². The highest BCUT2D eigenvalue weighted by Crippen LogP contribution is 2.42. The van der Waals surface area contributed by atoms with E-state index in [-0.39, 0.29) is 42.2 Å². The lowest BCUT2D eigenvalue weighted by molar-refractivity contribution is -0.131. The maximum atomic E-state index is 13.4. The van der Waals surface area contributed by atoms with Gasteiger partial charge in [-0.25, -0.2) is 0 Å². The molecule has 1 heterocycles. The number of hydrogen-bond donors (Lipinski definition) is 5. The Kier molecular flexibility index (Phi) is 15.4. The summed E-state index contributed by atoms with van der Waals surface area (Å²) in [4.78, 5) is 77.8. The molecule has 2 rings (SSSR count). The zero-order valence-electron chi connectivity index (χ0n) is 28.4. The van der Waals surface area contributed by atoms with E-state index < -0.39 is 55.4 Å². The minimum absolute atomic E-state index is 0.0147. The van der Waals surface area contributed by atoms with Crippen LogP contribution in [0.3, 0.4) is 0 Å². The van der Waals surface area contributed by atoms with E-state index in [0.717, 1.165) is 0 Å². The fourth-order valence-corrected chi connectivity index (χ4v) is 7.27. The van der Waals surface area contributed by atoms with Gasteiger partial charge in [0, 0.05) is 31.2 Å². The number of carbonyl (C=O) groups is 5. The summed E-state index contributed by atoms with van der Waals surface area (Å²) in [5, 5.41) is 10.6. The van der Waals surface area contributed by atoms with Crippen LogP contribution in [0.4, 0.5) is 0 Å². The van der Waals surface area contributed by atoms with Crippen molar-refractivity contribution in [2.24, 2.45) is 23.7 Å². The van der Waals surface area contributed by atoms with Crippen LogP contribution in [-0.2, 0) is 23.7 Å². The zero-order chi connectivity index (χ0) is 34.6. The molecule has 0 spiro atoms. The minimum atomic E-state index is -4.06. The van der Waals surface area contributed by atoms with E-state index in [9.17, 15) is 33.4 Å². The maximum absolute atomic E-state index is 13.4. The summed E-state index contributed by atoms with van der Waals surface area (Å²) >= 11 is 0. The van der Waals surface area contributed by atoms with Crippen LogP contribution in [0.2, 0.25) is 0 Å². The summed E-state index contributed by atoms with van der Waals surface area (Å²) < 4.78 is 13.3. The second-order valence-electron chi connectivity index (χ2n) is 13.6. The molecule has 258 valence electrons. The SMILES string of the molecule is CNC(=O)[C@H](CC(C)C)NC(=O)[C@H](CC(C)C)CP(=O)(O)CNC(=O)[C@H](CC(C)C)NC(=O)[C@H]1CCCN1C(=O)c1ccccc1. The van der Waals surface area contributed by atoms with Crippen LogP contribution in [0.15, 0.2) is 30.3 Å². The van der Waals surface area contributed by atoms with Gasteiger partial charge in [-0.2, -0.15) is 0 Å². The molecule has 0 radical (unpaired) electrons. The summed E-state index contributed by atoms with van der Waals surface area (Å²) in [6, 6.07) is 6.22. The quantitative estimate of drug-likeness (QED) is 0.159. The van der Waals surface area contributed by atoms with Gasteiger partial charge >= 0.3 is 0 Å². The maximum Gasteiger partial charge on any atom is 0.254 e. The van der Waals surface area contributed by atoms with Crippen molar-refractivity contribution >= 4 is 36.9 Å². The first-order valence-electron chi connectivity index (χ1n) is 16.3. The van der Waals surface area contributed by atoms with Crippen molar-refractivity contribution in [1.29, 1.82) is 0 Å². The lowest BCUT2D eigenvalue weighted by Crippen LogP contribution is -2.53. The summed E-state index contributed by atoms with van der Waals surface area (Å²) in [6.07, 6.45) is 1.17. The third-order valence-corrected chi connectivity index (χ3v) is 9.56. The molecule has 0 aliphatic carbocycles. The molecule has 1 aromatic rings. The molecule has 1 aromatic carbocycles. The molecule has 0 bridgehead atoms. The van der Waals surface area contributed by atoms with Crippen molar-refractivity contribution in [3.05, 3.63) is 35.9 Å². The monoisotopic (exact) mass is 663 g/mol. The van der Waals surface area contributed by atoms with Crippen molar-refractivity contribution in [3.8, 4) is 0 Å². The molecule has 5 atom stereocenters. The normalized spacial score (nSPS) is 18.1. The molecule has 1 saturated heterocycles. The van der Waals surface area contributed by atoms with Crippen LogP contribution in [0.1, 0.15) is 84.0 Å². The van der Waals surface area contributed by atoms with Gasteiger partial charge in [0.2, 0.25) is 31.0 Å². The fourth-order valence-electron chi connectivity index (χ4n) is 5.73. The first kappa shape index (κ1) is 38.9. The molecular weight excluding hydrogens is 609 g/mol. The lowest BCUT2D eigenvalue weighted by atomic mass is 9.96. The number of nitrogens with one attached hydrogen (secondary N) is 4. The largest absolute Gasteiger partial charge is 0.357 e. The second-order valence-corrected chi connectivity index (χ2v) is 15.9. The summed E-state index contributed by atoms with van der Waals surface area (Å²) in [5.74, 6) is -2.82. The Labute approximate surface area is 273 Å². The molecule has 5 amide bonds. The Morgan fingerprint density at radius 2 is 1.41 bits per heavy atom. The first-order valence-corrected chi connectivity index (χ1v) is 18.3. The summed E-state index contributed by atoms with van der Waals surface area (Å²) in [7, 11) is -2.57. The van der Waals surface area contributed by atoms with Crippen LogP contribution in [-0.4, -0.2) is 83.5 Å². The van der Waals surface area contributed by atoms with Crippen LogP contribution >= 0.6 is 7.37 Å². The van der Waals surface area contributed by atoms with E-state index in [2.05, 4.69) is 21.3 Å². The molecule has 13 heteroatoms. The van der Waals surface area contributed by atoms with Crippen molar-refractivity contribution in [2.45, 2.75) is 91.8 Å². The smallest absolute Gasteiger partial charge is 0.254 e. The van der Waals surface area contributed by atoms with E-state index in [1.807, 2.05) is 41.5 Å². The number of likely N-dealkylation sites (tertiary alicyclic amines) is 1. The first-order chi connectivity index (χ1) is 21.5. The zero-order valence-corrected chi connectivity index (χ0v) is 29.3. The number of likely N-dealkylation sites (N-methyl/N-ethyl adjacent to an activating group) is 1. The van der Waals surface area contributed by atoms with Crippen molar-refractivity contribution in [2.75, 3.05) is 26.0 Å². The Morgan fingerprint density at radius 3 is 1.96 bits per heavy atom. The second kappa shape index (κ2) is 18.2. The lowest BCUT2D eigenvalue weighted by Gasteiger charge is -2.28. The van der Waals surface area contributed by atoms with Gasteiger partial charge in [-0.05, 0) is 62.0 Å². The van der Waals surface area contributed by atoms with Gasteiger partial charge in [0.05, 0.1) is 6.29 Å². The van der Waals surface area contributed by atoms with E-state index in [0.29, 0.717) is 37.8 Å². The van der Waals surface area contributed by atoms with Gasteiger partial charge in [0.15, 0.2) is 0 Å². The highest BCUT2D eigenvalue weighted by molar-refractivity contribution is 7.58. The fraction of sp³-hybridized carbons (Fsp3) is 0.667. The molecule has 1 aliphatic rings. The molecular formula is C33H54N5O7P. The van der Waals surface area contributed by atoms with Gasteiger partial charge in [-0.15, -0.1) is 0 Å². The predicted molar refractivity (Wildman–Crippen MR) is 178 cm³/mol. The molecule has 12 nitrogen and oxygen atoms in total. The minimum Gasteiger partial charge on any atom is -0.357 e. The molecule has 1 unspecified atom stereocenters. The van der Waals surface area contributed by atoms with Gasteiger partial charge in [-0.1, -0.05) is 59.7 Å². The third-order valence-electron chi connectivity index (χ3n) is 7.90. The topological polar surface area (TPSA) is 174 Å². The predicted octanol–water partition coefficient (Wildman–Crippen LogP) is 3.11. The Bertz CT molecular complexity index is 1240. The Balaban J connectivity index is 2.10. The molecule has 1 aliphatic heterocycles. The summed E-state index contributed by atoms with van der Waals surface area (Å²) in [6.45, 7) is 11.9. The third kappa shape index (κ3) is 12.5. The molecule has 46 heavy (non-hydrogen) atoms. The highest BCUT2D eigenvalue weighted by atomic mass is 31.2. The van der Waals surface area contributed by atoms with Gasteiger partial charge in [0.25, 0.3) is 5.91 Å². The average molecular weight is 664 g/mol. The van der Waals surface area contributed by atoms with Crippen LogP contribution in [0.5, 0.6) is 0 Å². The number of benzene rings is 1. The molecule has 1 fully saturated rings. The van der Waals surface area contributed by atoms with Crippen LogP contribution in [0, 0.1) is 23.7 Å². The number of rotatable bonds is 17. The number of hydrogen-bond acceptors (Lipinski definition) is 6. The number of amides is 5. The molecule has 0 saturated carbocycles. The summed E-state index contributed by atoms with van der Waals surface area (Å²) in [5.41, 5.74) is 0.478. The number of nitrogens with zero attached hydrogens (tertiary/aromatic N) is 1. The Hall–Kier alpha value is -3.24. The highest BCUT2D eigenvalue weighted by Gasteiger charge is 2.37. The average Bonchev–Trinajstić information content (AvgIpc) is 3.48. The van der Waals surface area contributed by atoms with Gasteiger partial charge in [-0.3, -0.25) is 28.5 Å². The Morgan fingerprint density at radius 1 is 0.848 bits per heavy atom. The van der Waals surface area contributed by atoms with Crippen LogP contribution in [0.25, 0.3) is 0 Å². The van der Waals surface area contributed by atoms with E-state index in [1.54, 1.807) is 30.3 Å². The standard InChI is InChI=1S/C33H54N5O7P/c1-21(2)16-25(29(39)36-26(17-22(3)4)30(40)34-7)19-46(44,45)20-35-31(41)27(18-23(5)6)37-32(42)28-14-11-15-38(28)33(43)24-12-9-8-10-13-24/h8-10,12-13,21-23,25-28H,11,14-20H2,1-7H3,(H,34,40)(H,35,41)(H,36,39)(H,37,42)(H,44,45)/t25-,26+,27+,28-/m1/s1. The van der Waals surface area contributed by atoms with Crippen molar-refractivity contribution in [3.63, 3.8) is 0 Å². The molecule has 5 N–H and O–H groups in total. The van der Waals surface area contributed by atoms with Crippen molar-refractivity contribution in [1.82, 2.24) is 26.2 Å². The van der Waals surface area contributed by atoms with E-state index >= 15 is 0 Å².